The third-order valence-corrected chi connectivity index (χ3v) is 4.34. The van der Waals surface area contributed by atoms with Crippen molar-refractivity contribution in [2.24, 2.45) is 0 Å². The summed E-state index contributed by atoms with van der Waals surface area (Å²) in [6.07, 6.45) is 0. The molecule has 0 aliphatic heterocycles. The second kappa shape index (κ2) is 6.17. The normalized spacial score (nSPS) is 11.4. The first kappa shape index (κ1) is 14.6. The van der Waals surface area contributed by atoms with Crippen LogP contribution in [-0.4, -0.2) is 7.05 Å². The van der Waals surface area contributed by atoms with Crippen LogP contribution < -0.4 is 5.32 Å². The van der Waals surface area contributed by atoms with Crippen LogP contribution in [0.25, 0.3) is 0 Å². The molecule has 22 heavy (non-hydrogen) atoms. The molecule has 0 radical (unpaired) electrons. The molecule has 0 saturated carbocycles. The molecule has 0 saturated heterocycles. The van der Waals surface area contributed by atoms with E-state index in [0.29, 0.717) is 0 Å². The molecule has 3 rings (SSSR count). The van der Waals surface area contributed by atoms with Crippen LogP contribution in [0.5, 0.6) is 0 Å². The zero-order valence-corrected chi connectivity index (χ0v) is 13.1. The molecule has 1 N–H and O–H groups in total. The van der Waals surface area contributed by atoms with E-state index in [1.807, 2.05) is 7.05 Å². The van der Waals surface area contributed by atoms with Crippen molar-refractivity contribution in [1.29, 1.82) is 0 Å². The van der Waals surface area contributed by atoms with Crippen LogP contribution in [-0.2, 0) is 5.54 Å². The number of rotatable bonds is 4. The monoisotopic (exact) mass is 287 g/mol. The maximum atomic E-state index is 3.61. The van der Waals surface area contributed by atoms with E-state index in [2.05, 4.69) is 97.2 Å². The van der Waals surface area contributed by atoms with Gasteiger partial charge in [-0.1, -0.05) is 84.9 Å². The van der Waals surface area contributed by atoms with Crippen LogP contribution in [0, 0.1) is 6.92 Å². The van der Waals surface area contributed by atoms with Gasteiger partial charge in [0.1, 0.15) is 0 Å². The Hall–Kier alpha value is -2.38. The average Bonchev–Trinajstić information content (AvgIpc) is 2.59. The van der Waals surface area contributed by atoms with E-state index in [-0.39, 0.29) is 5.54 Å². The van der Waals surface area contributed by atoms with Crippen LogP contribution in [0.1, 0.15) is 22.3 Å². The number of aryl methyl sites for hydroxylation is 1. The van der Waals surface area contributed by atoms with Gasteiger partial charge >= 0.3 is 0 Å². The molecule has 0 atom stereocenters. The summed E-state index contributed by atoms with van der Waals surface area (Å²) in [5, 5.41) is 3.61. The largest absolute Gasteiger partial charge is 0.303 e. The molecule has 3 aromatic carbocycles. The highest BCUT2D eigenvalue weighted by Crippen LogP contribution is 2.37. The topological polar surface area (TPSA) is 12.0 Å². The Morgan fingerprint density at radius 1 is 0.636 bits per heavy atom. The van der Waals surface area contributed by atoms with Gasteiger partial charge in [0.2, 0.25) is 0 Å². The highest BCUT2D eigenvalue weighted by Gasteiger charge is 2.35. The first-order valence-corrected chi connectivity index (χ1v) is 7.65. The summed E-state index contributed by atoms with van der Waals surface area (Å²) in [4.78, 5) is 0. The van der Waals surface area contributed by atoms with E-state index in [1.165, 1.54) is 22.3 Å². The van der Waals surface area contributed by atoms with Crippen molar-refractivity contribution in [3.05, 3.63) is 107 Å². The Bertz CT molecular complexity index is 693. The minimum atomic E-state index is -0.339. The van der Waals surface area contributed by atoms with E-state index >= 15 is 0 Å². The fourth-order valence-corrected chi connectivity index (χ4v) is 3.27. The van der Waals surface area contributed by atoms with Gasteiger partial charge in [0.15, 0.2) is 0 Å². The lowest BCUT2D eigenvalue weighted by molar-refractivity contribution is 0.522. The fourth-order valence-electron chi connectivity index (χ4n) is 3.27. The summed E-state index contributed by atoms with van der Waals surface area (Å²) in [6.45, 7) is 2.17. The van der Waals surface area contributed by atoms with Gasteiger partial charge in [-0.15, -0.1) is 0 Å². The van der Waals surface area contributed by atoms with E-state index < -0.39 is 0 Å². The van der Waals surface area contributed by atoms with Crippen molar-refractivity contribution < 1.29 is 0 Å². The van der Waals surface area contributed by atoms with Gasteiger partial charge < -0.3 is 5.32 Å². The van der Waals surface area contributed by atoms with Crippen LogP contribution in [0.3, 0.4) is 0 Å². The van der Waals surface area contributed by atoms with Gasteiger partial charge in [-0.2, -0.15) is 0 Å². The average molecular weight is 287 g/mol. The molecular formula is C21H21N. The number of nitrogens with one attached hydrogen (secondary N) is 1. The number of hydrogen-bond donors (Lipinski definition) is 1. The molecule has 0 unspecified atom stereocenters. The van der Waals surface area contributed by atoms with E-state index in [9.17, 15) is 0 Å². The van der Waals surface area contributed by atoms with Crippen LogP contribution in [0.15, 0.2) is 84.9 Å². The van der Waals surface area contributed by atoms with E-state index in [1.54, 1.807) is 0 Å². The summed E-state index contributed by atoms with van der Waals surface area (Å²) in [6, 6.07) is 29.9. The lowest BCUT2D eigenvalue weighted by Gasteiger charge is -2.36. The molecule has 1 nitrogen and oxygen atoms in total. The highest BCUT2D eigenvalue weighted by molar-refractivity contribution is 5.51. The van der Waals surface area contributed by atoms with Gasteiger partial charge in [-0.05, 0) is 36.2 Å². The predicted molar refractivity (Wildman–Crippen MR) is 93.0 cm³/mol. The Kier molecular flexibility index (Phi) is 4.08. The Morgan fingerprint density at radius 3 is 1.55 bits per heavy atom. The number of benzene rings is 3. The Balaban J connectivity index is 2.34. The van der Waals surface area contributed by atoms with Gasteiger partial charge in [0, 0.05) is 0 Å². The molecular weight excluding hydrogens is 266 g/mol. The van der Waals surface area contributed by atoms with Crippen LogP contribution >= 0.6 is 0 Å². The fraction of sp³-hybridized carbons (Fsp3) is 0.143. The summed E-state index contributed by atoms with van der Waals surface area (Å²) in [5.41, 5.74) is 4.73. The molecule has 110 valence electrons. The minimum Gasteiger partial charge on any atom is -0.303 e. The molecule has 3 aromatic rings. The first-order valence-electron chi connectivity index (χ1n) is 7.65. The second-order valence-electron chi connectivity index (χ2n) is 5.55. The molecule has 1 heteroatoms. The first-order chi connectivity index (χ1) is 10.8. The van der Waals surface area contributed by atoms with Crippen molar-refractivity contribution in [1.82, 2.24) is 5.32 Å². The zero-order chi connectivity index (χ0) is 15.4. The summed E-state index contributed by atoms with van der Waals surface area (Å²) in [7, 11) is 2.03. The van der Waals surface area contributed by atoms with Gasteiger partial charge in [-0.25, -0.2) is 0 Å². The van der Waals surface area contributed by atoms with Gasteiger partial charge in [0.05, 0.1) is 5.54 Å². The van der Waals surface area contributed by atoms with Crippen molar-refractivity contribution in [2.45, 2.75) is 12.5 Å². The molecule has 0 spiro atoms. The lowest BCUT2D eigenvalue weighted by atomic mass is 9.75. The second-order valence-corrected chi connectivity index (χ2v) is 5.55. The number of hydrogen-bond acceptors (Lipinski definition) is 1. The summed E-state index contributed by atoms with van der Waals surface area (Å²) < 4.78 is 0. The van der Waals surface area contributed by atoms with E-state index in [4.69, 9.17) is 0 Å². The molecule has 0 bridgehead atoms. The van der Waals surface area contributed by atoms with Crippen molar-refractivity contribution >= 4 is 0 Å². The molecule has 0 fully saturated rings. The quantitative estimate of drug-likeness (QED) is 0.696. The van der Waals surface area contributed by atoms with E-state index in [0.717, 1.165) is 0 Å². The zero-order valence-electron chi connectivity index (χ0n) is 13.1. The molecule has 0 aliphatic carbocycles. The maximum absolute atomic E-state index is 3.61. The Morgan fingerprint density at radius 2 is 1.09 bits per heavy atom. The summed E-state index contributed by atoms with van der Waals surface area (Å²) >= 11 is 0. The van der Waals surface area contributed by atoms with Crippen LogP contribution in [0.2, 0.25) is 0 Å². The molecule has 0 amide bonds. The highest BCUT2D eigenvalue weighted by atomic mass is 14.9. The predicted octanol–water partition coefficient (Wildman–Crippen LogP) is 4.51. The minimum absolute atomic E-state index is 0.339. The lowest BCUT2D eigenvalue weighted by Crippen LogP contribution is -2.42. The smallest absolute Gasteiger partial charge is 0.0948 e. The molecule has 0 aromatic heterocycles. The summed E-state index contributed by atoms with van der Waals surface area (Å²) in [5.74, 6) is 0. The molecule has 0 aliphatic rings. The maximum Gasteiger partial charge on any atom is 0.0948 e. The third-order valence-electron chi connectivity index (χ3n) is 4.34. The van der Waals surface area contributed by atoms with Crippen molar-refractivity contribution in [2.75, 3.05) is 7.05 Å². The SMILES string of the molecule is CNC(c1ccccc1)(c1ccccc1)c1ccccc1C. The standard InChI is InChI=1S/C21H21N/c1-17-11-9-10-16-20(17)21(22-2,18-12-5-3-6-13-18)19-14-7-4-8-15-19/h3-16,22H,1-2H3. The molecule has 0 heterocycles. The third kappa shape index (κ3) is 2.34. The Labute approximate surface area is 132 Å². The van der Waals surface area contributed by atoms with Crippen LogP contribution in [0.4, 0.5) is 0 Å². The van der Waals surface area contributed by atoms with Gasteiger partial charge in [-0.3, -0.25) is 0 Å². The van der Waals surface area contributed by atoms with Gasteiger partial charge in [0.25, 0.3) is 0 Å². The van der Waals surface area contributed by atoms with Crippen molar-refractivity contribution in [3.8, 4) is 0 Å². The van der Waals surface area contributed by atoms with Crippen molar-refractivity contribution in [3.63, 3.8) is 0 Å².